The van der Waals surface area contributed by atoms with Gasteiger partial charge in [0.1, 0.15) is 0 Å². The van der Waals surface area contributed by atoms with Crippen molar-refractivity contribution in [2.75, 3.05) is 0 Å². The van der Waals surface area contributed by atoms with E-state index in [0.717, 1.165) is 37.0 Å². The quantitative estimate of drug-likeness (QED) is 0.613. The van der Waals surface area contributed by atoms with E-state index in [1.807, 2.05) is 30.3 Å². The number of nitrogens with one attached hydrogen (secondary N) is 1. The Labute approximate surface area is 102 Å². The molecule has 1 aromatic carbocycles. The first-order chi connectivity index (χ1) is 8.31. The van der Waals surface area contributed by atoms with Crippen LogP contribution in [0.25, 0.3) is 0 Å². The number of benzene rings is 1. The Hall–Kier alpha value is -1.64. The van der Waals surface area contributed by atoms with Crippen molar-refractivity contribution in [3.8, 4) is 0 Å². The zero-order valence-electron chi connectivity index (χ0n) is 10.1. The maximum absolute atomic E-state index is 11.5. The second-order valence-electron chi connectivity index (χ2n) is 4.42. The van der Waals surface area contributed by atoms with Gasteiger partial charge in [-0.2, -0.15) is 5.10 Å². The third kappa shape index (κ3) is 3.41. The Balaban J connectivity index is 2.05. The van der Waals surface area contributed by atoms with Crippen molar-refractivity contribution in [3.05, 3.63) is 35.9 Å². The molecule has 90 valence electrons. The van der Waals surface area contributed by atoms with E-state index < -0.39 is 0 Å². The van der Waals surface area contributed by atoms with Crippen molar-refractivity contribution in [1.82, 2.24) is 5.43 Å². The second kappa shape index (κ2) is 5.62. The molecule has 1 aromatic rings. The number of rotatable bonds is 5. The Morgan fingerprint density at radius 1 is 1.35 bits per heavy atom. The molecular weight excluding hydrogens is 212 g/mol. The molecule has 1 aliphatic rings. The lowest BCUT2D eigenvalue weighted by atomic mass is 10.1. The molecular formula is C14H18N2O. The van der Waals surface area contributed by atoms with Gasteiger partial charge in [0.05, 0.1) is 5.71 Å². The van der Waals surface area contributed by atoms with Crippen LogP contribution in [0, 0.1) is 5.92 Å². The summed E-state index contributed by atoms with van der Waals surface area (Å²) in [4.78, 5) is 11.5. The molecule has 1 fully saturated rings. The van der Waals surface area contributed by atoms with E-state index in [1.165, 1.54) is 0 Å². The summed E-state index contributed by atoms with van der Waals surface area (Å²) < 4.78 is 0. The van der Waals surface area contributed by atoms with Gasteiger partial charge >= 0.3 is 0 Å². The second-order valence-corrected chi connectivity index (χ2v) is 4.42. The molecule has 2 rings (SSSR count). The summed E-state index contributed by atoms with van der Waals surface area (Å²) >= 11 is 0. The van der Waals surface area contributed by atoms with Crippen LogP contribution in [0.15, 0.2) is 35.4 Å². The summed E-state index contributed by atoms with van der Waals surface area (Å²) in [5.74, 6) is 0.270. The number of hydrazone groups is 1. The molecule has 1 amide bonds. The average Bonchev–Trinajstić information content (AvgIpc) is 3.19. The predicted octanol–water partition coefficient (Wildman–Crippen LogP) is 2.72. The number of carbonyl (C=O) groups excluding carboxylic acids is 1. The summed E-state index contributed by atoms with van der Waals surface area (Å²) in [5.41, 5.74) is 4.73. The normalized spacial score (nSPS) is 15.7. The first-order valence-corrected chi connectivity index (χ1v) is 6.23. The van der Waals surface area contributed by atoms with Gasteiger partial charge in [0.2, 0.25) is 5.91 Å². The number of nitrogens with zero attached hydrogens (tertiary/aromatic N) is 1. The van der Waals surface area contributed by atoms with Crippen molar-refractivity contribution in [2.45, 2.75) is 32.6 Å². The maximum atomic E-state index is 11.5. The van der Waals surface area contributed by atoms with Gasteiger partial charge in [0.15, 0.2) is 0 Å². The highest BCUT2D eigenvalue weighted by atomic mass is 16.2. The highest BCUT2D eigenvalue weighted by Crippen LogP contribution is 2.28. The molecule has 3 heteroatoms. The molecule has 0 radical (unpaired) electrons. The number of amides is 1. The first kappa shape index (κ1) is 11.8. The highest BCUT2D eigenvalue weighted by Gasteiger charge is 2.29. The summed E-state index contributed by atoms with van der Waals surface area (Å²) in [7, 11) is 0. The van der Waals surface area contributed by atoms with Crippen LogP contribution in [0.2, 0.25) is 0 Å². The molecule has 0 aliphatic heterocycles. The Bertz CT molecular complexity index is 407. The number of hydrogen-bond acceptors (Lipinski definition) is 2. The standard InChI is InChI=1S/C14H18N2O/c1-2-6-13(11-7-4-3-5-8-11)15-16-14(17)12-9-10-12/h3-5,7-8,12H,2,6,9-10H2,1H3,(H,16,17)/b15-13-. The van der Waals surface area contributed by atoms with Gasteiger partial charge in [-0.05, 0) is 24.8 Å². The molecule has 0 spiro atoms. The van der Waals surface area contributed by atoms with E-state index in [1.54, 1.807) is 0 Å². The van der Waals surface area contributed by atoms with E-state index in [2.05, 4.69) is 17.5 Å². The van der Waals surface area contributed by atoms with Crippen molar-refractivity contribution in [2.24, 2.45) is 11.0 Å². The van der Waals surface area contributed by atoms with Crippen LogP contribution in [0.5, 0.6) is 0 Å². The Kier molecular flexibility index (Phi) is 3.91. The fraction of sp³-hybridized carbons (Fsp3) is 0.429. The van der Waals surface area contributed by atoms with Gasteiger partial charge in [-0.1, -0.05) is 43.7 Å². The lowest BCUT2D eigenvalue weighted by Gasteiger charge is -2.05. The van der Waals surface area contributed by atoms with Crippen LogP contribution < -0.4 is 5.43 Å². The lowest BCUT2D eigenvalue weighted by molar-refractivity contribution is -0.122. The molecule has 0 atom stereocenters. The average molecular weight is 230 g/mol. The zero-order chi connectivity index (χ0) is 12.1. The monoisotopic (exact) mass is 230 g/mol. The van der Waals surface area contributed by atoms with Gasteiger partial charge in [-0.3, -0.25) is 4.79 Å². The van der Waals surface area contributed by atoms with Gasteiger partial charge in [0.25, 0.3) is 0 Å². The van der Waals surface area contributed by atoms with E-state index in [-0.39, 0.29) is 11.8 Å². The van der Waals surface area contributed by atoms with E-state index in [9.17, 15) is 4.79 Å². The van der Waals surface area contributed by atoms with Crippen molar-refractivity contribution in [1.29, 1.82) is 0 Å². The minimum Gasteiger partial charge on any atom is -0.273 e. The molecule has 3 nitrogen and oxygen atoms in total. The molecule has 0 aromatic heterocycles. The van der Waals surface area contributed by atoms with E-state index in [4.69, 9.17) is 0 Å². The summed E-state index contributed by atoms with van der Waals surface area (Å²) in [6.45, 7) is 2.11. The number of carbonyl (C=O) groups is 1. The number of hydrogen-bond donors (Lipinski definition) is 1. The van der Waals surface area contributed by atoms with Crippen LogP contribution >= 0.6 is 0 Å². The van der Waals surface area contributed by atoms with Gasteiger partial charge in [-0.15, -0.1) is 0 Å². The van der Waals surface area contributed by atoms with Crippen LogP contribution in [-0.2, 0) is 4.79 Å². The largest absolute Gasteiger partial charge is 0.273 e. The molecule has 0 unspecified atom stereocenters. The van der Waals surface area contributed by atoms with Crippen LogP contribution in [0.4, 0.5) is 0 Å². The van der Waals surface area contributed by atoms with Gasteiger partial charge in [-0.25, -0.2) is 5.43 Å². The fourth-order valence-corrected chi connectivity index (χ4v) is 1.69. The van der Waals surface area contributed by atoms with Crippen molar-refractivity contribution < 1.29 is 4.79 Å². The summed E-state index contributed by atoms with van der Waals surface area (Å²) in [6, 6.07) is 10.0. The fourth-order valence-electron chi connectivity index (χ4n) is 1.69. The Morgan fingerprint density at radius 3 is 2.65 bits per heavy atom. The minimum atomic E-state index is 0.0644. The smallest absolute Gasteiger partial charge is 0.243 e. The Morgan fingerprint density at radius 2 is 2.06 bits per heavy atom. The zero-order valence-corrected chi connectivity index (χ0v) is 10.1. The van der Waals surface area contributed by atoms with E-state index in [0.29, 0.717) is 0 Å². The SMILES string of the molecule is CCC/C(=N/NC(=O)C1CC1)c1ccccc1. The van der Waals surface area contributed by atoms with Crippen LogP contribution in [0.3, 0.4) is 0 Å². The topological polar surface area (TPSA) is 41.5 Å². The van der Waals surface area contributed by atoms with Crippen molar-refractivity contribution >= 4 is 11.6 Å². The molecule has 0 heterocycles. The molecule has 17 heavy (non-hydrogen) atoms. The van der Waals surface area contributed by atoms with Crippen LogP contribution in [0.1, 0.15) is 38.2 Å². The van der Waals surface area contributed by atoms with Gasteiger partial charge < -0.3 is 0 Å². The third-order valence-corrected chi connectivity index (χ3v) is 2.84. The summed E-state index contributed by atoms with van der Waals surface area (Å²) in [6.07, 6.45) is 3.92. The van der Waals surface area contributed by atoms with Crippen LogP contribution in [-0.4, -0.2) is 11.6 Å². The maximum Gasteiger partial charge on any atom is 0.243 e. The first-order valence-electron chi connectivity index (χ1n) is 6.23. The lowest BCUT2D eigenvalue weighted by Crippen LogP contribution is -2.21. The highest BCUT2D eigenvalue weighted by molar-refractivity contribution is 6.01. The molecule has 0 saturated heterocycles. The van der Waals surface area contributed by atoms with E-state index >= 15 is 0 Å². The molecule has 1 saturated carbocycles. The molecule has 1 N–H and O–H groups in total. The molecule has 0 bridgehead atoms. The van der Waals surface area contributed by atoms with Gasteiger partial charge in [0, 0.05) is 5.92 Å². The predicted molar refractivity (Wildman–Crippen MR) is 68.8 cm³/mol. The third-order valence-electron chi connectivity index (χ3n) is 2.84. The molecule has 1 aliphatic carbocycles. The van der Waals surface area contributed by atoms with Crippen molar-refractivity contribution in [3.63, 3.8) is 0 Å². The summed E-state index contributed by atoms with van der Waals surface area (Å²) in [5, 5.41) is 4.26. The minimum absolute atomic E-state index is 0.0644.